The summed E-state index contributed by atoms with van der Waals surface area (Å²) in [6, 6.07) is 9.31. The van der Waals surface area contributed by atoms with E-state index in [1.54, 1.807) is 6.08 Å². The lowest BCUT2D eigenvalue weighted by atomic mass is 10.2. The summed E-state index contributed by atoms with van der Waals surface area (Å²) in [4.78, 5) is 11.6. The van der Waals surface area contributed by atoms with Crippen LogP contribution in [0.4, 0.5) is 0 Å². The number of nitrogens with zero attached hydrogens (tertiary/aromatic N) is 3. The van der Waals surface area contributed by atoms with Crippen LogP contribution in [0, 0.1) is 0 Å². The van der Waals surface area contributed by atoms with E-state index in [1.165, 1.54) is 4.91 Å². The molecule has 5 nitrogen and oxygen atoms in total. The summed E-state index contributed by atoms with van der Waals surface area (Å²) in [6.45, 7) is 0. The SMILES string of the molecule is O=C(O)/C=C/c1ccccc1.[N-]=[N+]=[N-]. The fourth-order valence-electron chi connectivity index (χ4n) is 0.732. The van der Waals surface area contributed by atoms with Gasteiger partial charge in [-0.3, -0.25) is 4.91 Å². The van der Waals surface area contributed by atoms with Crippen LogP contribution < -0.4 is 0 Å². The van der Waals surface area contributed by atoms with Crippen molar-refractivity contribution in [3.8, 4) is 0 Å². The number of benzene rings is 1. The molecule has 0 unspecified atom stereocenters. The zero-order valence-electron chi connectivity index (χ0n) is 7.24. The predicted molar refractivity (Wildman–Crippen MR) is 53.2 cm³/mol. The summed E-state index contributed by atoms with van der Waals surface area (Å²) in [7, 11) is 0. The highest BCUT2D eigenvalue weighted by Crippen LogP contribution is 1.99. The molecule has 1 N–H and O–H groups in total. The van der Waals surface area contributed by atoms with Crippen molar-refractivity contribution in [3.63, 3.8) is 0 Å². The molecule has 1 aromatic carbocycles. The van der Waals surface area contributed by atoms with Crippen molar-refractivity contribution < 1.29 is 9.90 Å². The molecular weight excluding hydrogens is 182 g/mol. The van der Waals surface area contributed by atoms with Gasteiger partial charge in [-0.15, -0.1) is 0 Å². The first-order chi connectivity index (χ1) is 6.70. The molecule has 0 aliphatic carbocycles. The van der Waals surface area contributed by atoms with Gasteiger partial charge in [-0.05, 0) is 11.6 Å². The van der Waals surface area contributed by atoms with Gasteiger partial charge in [0.25, 0.3) is 0 Å². The number of hydrogen-bond acceptors (Lipinski definition) is 1. The summed E-state index contributed by atoms with van der Waals surface area (Å²) in [5, 5.41) is 8.29. The molecule has 1 rings (SSSR count). The molecule has 0 amide bonds. The van der Waals surface area contributed by atoms with Crippen LogP contribution in [0.15, 0.2) is 36.4 Å². The fraction of sp³-hybridized carbons (Fsp3) is 0. The second-order valence-electron chi connectivity index (χ2n) is 2.17. The smallest absolute Gasteiger partial charge is 0.328 e. The molecule has 1 aromatic rings. The minimum absolute atomic E-state index is 0.898. The van der Waals surface area contributed by atoms with Crippen molar-refractivity contribution >= 4 is 12.0 Å². The average Bonchev–Trinajstić information content (AvgIpc) is 2.18. The predicted octanol–water partition coefficient (Wildman–Crippen LogP) is 2.65. The van der Waals surface area contributed by atoms with E-state index in [9.17, 15) is 4.79 Å². The van der Waals surface area contributed by atoms with Crippen LogP contribution in [0.25, 0.3) is 22.0 Å². The molecule has 0 saturated carbocycles. The van der Waals surface area contributed by atoms with Gasteiger partial charge in [0.15, 0.2) is 0 Å². The number of aliphatic carboxylic acids is 1. The maximum absolute atomic E-state index is 10.1. The zero-order valence-corrected chi connectivity index (χ0v) is 7.24. The second-order valence-corrected chi connectivity index (χ2v) is 2.17. The Bertz CT molecular complexity index is 340. The van der Waals surface area contributed by atoms with Crippen molar-refractivity contribution in [2.75, 3.05) is 0 Å². The Labute approximate surface area is 80.7 Å². The topological polar surface area (TPSA) is 96.0 Å². The van der Waals surface area contributed by atoms with Crippen molar-refractivity contribution in [1.82, 2.24) is 0 Å². The van der Waals surface area contributed by atoms with Crippen molar-refractivity contribution in [3.05, 3.63) is 57.9 Å². The first-order valence-corrected chi connectivity index (χ1v) is 3.65. The third-order valence-electron chi connectivity index (χ3n) is 1.22. The van der Waals surface area contributed by atoms with E-state index in [1.807, 2.05) is 30.3 Å². The summed E-state index contributed by atoms with van der Waals surface area (Å²) >= 11 is 0. The lowest BCUT2D eigenvalue weighted by Crippen LogP contribution is -1.85. The lowest BCUT2D eigenvalue weighted by Gasteiger charge is -1.87. The third kappa shape index (κ3) is 6.45. The molecule has 0 bridgehead atoms. The van der Waals surface area contributed by atoms with Crippen molar-refractivity contribution in [2.45, 2.75) is 0 Å². The van der Waals surface area contributed by atoms with Crippen molar-refractivity contribution in [1.29, 1.82) is 0 Å². The third-order valence-corrected chi connectivity index (χ3v) is 1.22. The molecule has 0 heterocycles. The van der Waals surface area contributed by atoms with Gasteiger partial charge < -0.3 is 16.2 Å². The highest BCUT2D eigenvalue weighted by Gasteiger charge is 1.85. The van der Waals surface area contributed by atoms with E-state index in [0.717, 1.165) is 11.6 Å². The monoisotopic (exact) mass is 190 g/mol. The summed E-state index contributed by atoms with van der Waals surface area (Å²) in [5.41, 5.74) is 14.4. The number of carboxylic acid groups (broad SMARTS) is 1. The quantitative estimate of drug-likeness (QED) is 0.335. The highest BCUT2D eigenvalue weighted by molar-refractivity contribution is 5.85. The van der Waals surface area contributed by atoms with Gasteiger partial charge in [0.1, 0.15) is 0 Å². The minimum Gasteiger partial charge on any atom is -0.478 e. The van der Waals surface area contributed by atoms with Crippen LogP contribution in [-0.2, 0) is 4.79 Å². The van der Waals surface area contributed by atoms with Gasteiger partial charge in [0.2, 0.25) is 0 Å². The Hall–Kier alpha value is -2.26. The van der Waals surface area contributed by atoms with E-state index in [4.69, 9.17) is 16.2 Å². The van der Waals surface area contributed by atoms with Crippen LogP contribution in [0.5, 0.6) is 0 Å². The molecule has 0 aliphatic rings. The first-order valence-electron chi connectivity index (χ1n) is 3.65. The highest BCUT2D eigenvalue weighted by atomic mass is 16.4. The number of carboxylic acids is 1. The molecule has 0 aromatic heterocycles. The van der Waals surface area contributed by atoms with Crippen LogP contribution in [-0.4, -0.2) is 11.1 Å². The Morgan fingerprint density at radius 1 is 1.29 bits per heavy atom. The Balaban J connectivity index is 0.000000500. The van der Waals surface area contributed by atoms with E-state index >= 15 is 0 Å². The average molecular weight is 190 g/mol. The van der Waals surface area contributed by atoms with Crippen LogP contribution >= 0.6 is 0 Å². The maximum atomic E-state index is 10.1. The molecule has 14 heavy (non-hydrogen) atoms. The number of rotatable bonds is 2. The molecule has 0 aliphatic heterocycles. The van der Waals surface area contributed by atoms with Gasteiger partial charge in [0.05, 0.1) is 0 Å². The molecular formula is C9H8N3O2-. The summed E-state index contributed by atoms with van der Waals surface area (Å²) in [5.74, 6) is -0.922. The van der Waals surface area contributed by atoms with E-state index in [-0.39, 0.29) is 0 Å². The molecule has 72 valence electrons. The van der Waals surface area contributed by atoms with Gasteiger partial charge in [-0.1, -0.05) is 30.3 Å². The largest absolute Gasteiger partial charge is 0.478 e. The molecule has 0 spiro atoms. The van der Waals surface area contributed by atoms with Gasteiger partial charge >= 0.3 is 5.97 Å². The first kappa shape index (κ1) is 11.7. The standard InChI is InChI=1S/C9H8O2.N3/c10-9(11)7-6-8-4-2-1-3-5-8;1-3-2/h1-7H,(H,10,11);/q;-1/b7-6+;. The summed E-state index contributed by atoms with van der Waals surface area (Å²) < 4.78 is 0. The lowest BCUT2D eigenvalue weighted by molar-refractivity contribution is -0.131. The van der Waals surface area contributed by atoms with Crippen molar-refractivity contribution in [2.24, 2.45) is 0 Å². The fourth-order valence-corrected chi connectivity index (χ4v) is 0.732. The van der Waals surface area contributed by atoms with Crippen LogP contribution in [0.1, 0.15) is 5.56 Å². The van der Waals surface area contributed by atoms with E-state index in [0.29, 0.717) is 0 Å². The van der Waals surface area contributed by atoms with Gasteiger partial charge in [-0.25, -0.2) is 4.79 Å². The summed E-state index contributed by atoms with van der Waals surface area (Å²) in [6.07, 6.45) is 2.68. The van der Waals surface area contributed by atoms with Gasteiger partial charge in [0, 0.05) is 6.08 Å². The molecule has 0 radical (unpaired) electrons. The normalized spacial score (nSPS) is 8.57. The molecule has 5 heteroatoms. The maximum Gasteiger partial charge on any atom is 0.328 e. The van der Waals surface area contributed by atoms with Gasteiger partial charge in [-0.2, -0.15) is 0 Å². The Morgan fingerprint density at radius 3 is 2.21 bits per heavy atom. The Kier molecular flexibility index (Phi) is 6.20. The van der Waals surface area contributed by atoms with E-state index in [2.05, 4.69) is 0 Å². The molecule has 0 fully saturated rings. The zero-order chi connectivity index (χ0) is 10.8. The Morgan fingerprint density at radius 2 is 1.79 bits per heavy atom. The molecule has 0 saturated heterocycles. The van der Waals surface area contributed by atoms with E-state index < -0.39 is 5.97 Å². The number of hydrogen-bond donors (Lipinski definition) is 1. The van der Waals surface area contributed by atoms with Crippen LogP contribution in [0.2, 0.25) is 0 Å². The van der Waals surface area contributed by atoms with Crippen LogP contribution in [0.3, 0.4) is 0 Å². The minimum atomic E-state index is -0.922. The second kappa shape index (κ2) is 7.39. The number of carbonyl (C=O) groups is 1. The molecule has 0 atom stereocenters.